The molecule has 0 radical (unpaired) electrons. The third kappa shape index (κ3) is 5.22. The van der Waals surface area contributed by atoms with Crippen LogP contribution in [0, 0.1) is 0 Å². The van der Waals surface area contributed by atoms with Crippen molar-refractivity contribution in [2.24, 2.45) is 5.73 Å². The molecule has 0 spiro atoms. The van der Waals surface area contributed by atoms with Gasteiger partial charge in [-0.25, -0.2) is 0 Å². The quantitative estimate of drug-likeness (QED) is 0.795. The van der Waals surface area contributed by atoms with Crippen LogP contribution in [-0.4, -0.2) is 37.0 Å². The Hall–Kier alpha value is -0.430. The Labute approximate surface area is 127 Å². The number of hydrogen-bond donors (Lipinski definition) is 2. The summed E-state index contributed by atoms with van der Waals surface area (Å²) in [6, 6.07) is 4.10. The van der Waals surface area contributed by atoms with Crippen molar-refractivity contribution in [3.8, 4) is 0 Å². The second-order valence-corrected chi connectivity index (χ2v) is 7.21. The lowest BCUT2D eigenvalue weighted by Gasteiger charge is -2.29. The largest absolute Gasteiger partial charge is 0.355 e. The van der Waals surface area contributed by atoms with Gasteiger partial charge in [0.1, 0.15) is 0 Å². The molecule has 4 nitrogen and oxygen atoms in total. The fourth-order valence-electron chi connectivity index (χ4n) is 2.01. The van der Waals surface area contributed by atoms with Gasteiger partial charge in [-0.1, -0.05) is 6.92 Å². The molecule has 108 valence electrons. The molecule has 3 N–H and O–H groups in total. The zero-order valence-electron chi connectivity index (χ0n) is 11.6. The fraction of sp³-hybridized carbons (Fsp3) is 0.615. The molecule has 0 aliphatic rings. The molecular weight excluding hydrogens is 326 g/mol. The summed E-state index contributed by atoms with van der Waals surface area (Å²) < 4.78 is 1.08. The first-order valence-corrected chi connectivity index (χ1v) is 8.04. The van der Waals surface area contributed by atoms with Crippen LogP contribution in [0.1, 0.15) is 31.2 Å². The van der Waals surface area contributed by atoms with E-state index in [0.717, 1.165) is 16.8 Å². The number of nitrogens with one attached hydrogen (secondary N) is 1. The minimum absolute atomic E-state index is 0.0328. The first-order valence-electron chi connectivity index (χ1n) is 6.43. The first-order chi connectivity index (χ1) is 8.95. The lowest BCUT2D eigenvalue weighted by molar-refractivity contribution is -0.122. The van der Waals surface area contributed by atoms with Crippen molar-refractivity contribution in [2.45, 2.75) is 32.4 Å². The molecule has 2 atom stereocenters. The molecule has 1 aromatic heterocycles. The number of nitrogens with zero attached hydrogens (tertiary/aromatic N) is 1. The Kier molecular flexibility index (Phi) is 6.99. The van der Waals surface area contributed by atoms with Crippen LogP contribution >= 0.6 is 27.3 Å². The van der Waals surface area contributed by atoms with Gasteiger partial charge in [-0.3, -0.25) is 9.69 Å². The number of carbonyl (C=O) groups excluding carboxylic acids is 1. The van der Waals surface area contributed by atoms with Crippen molar-refractivity contribution in [1.82, 2.24) is 10.2 Å². The average molecular weight is 348 g/mol. The van der Waals surface area contributed by atoms with Gasteiger partial charge in [0.25, 0.3) is 0 Å². The second-order valence-electron chi connectivity index (χ2n) is 4.71. The van der Waals surface area contributed by atoms with Crippen LogP contribution in [0.15, 0.2) is 15.9 Å². The molecule has 0 aliphatic carbocycles. The molecule has 0 aliphatic heterocycles. The lowest BCUT2D eigenvalue weighted by atomic mass is 10.1. The predicted molar refractivity (Wildman–Crippen MR) is 84.3 cm³/mol. The van der Waals surface area contributed by atoms with Crippen molar-refractivity contribution in [3.63, 3.8) is 0 Å². The Morgan fingerprint density at radius 2 is 2.26 bits per heavy atom. The number of carbonyl (C=O) groups is 1. The van der Waals surface area contributed by atoms with E-state index in [-0.39, 0.29) is 18.0 Å². The molecule has 0 fully saturated rings. The summed E-state index contributed by atoms with van der Waals surface area (Å²) in [7, 11) is 1.94. The van der Waals surface area contributed by atoms with Crippen molar-refractivity contribution >= 4 is 33.2 Å². The van der Waals surface area contributed by atoms with Gasteiger partial charge in [0.15, 0.2) is 0 Å². The predicted octanol–water partition coefficient (Wildman–Crippen LogP) is 2.36. The topological polar surface area (TPSA) is 58.4 Å². The monoisotopic (exact) mass is 347 g/mol. The van der Waals surface area contributed by atoms with E-state index < -0.39 is 0 Å². The van der Waals surface area contributed by atoms with E-state index in [9.17, 15) is 4.79 Å². The molecule has 6 heteroatoms. The zero-order valence-corrected chi connectivity index (χ0v) is 14.1. The minimum atomic E-state index is -0.0328. The van der Waals surface area contributed by atoms with Gasteiger partial charge in [-0.2, -0.15) is 0 Å². The van der Waals surface area contributed by atoms with E-state index in [1.165, 1.54) is 4.88 Å². The molecule has 0 saturated heterocycles. The van der Waals surface area contributed by atoms with E-state index in [0.29, 0.717) is 6.54 Å². The smallest absolute Gasteiger partial charge is 0.234 e. The maximum Gasteiger partial charge on any atom is 0.234 e. The van der Waals surface area contributed by atoms with Gasteiger partial charge in [0, 0.05) is 17.5 Å². The van der Waals surface area contributed by atoms with Gasteiger partial charge in [-0.15, -0.1) is 11.3 Å². The third-order valence-electron chi connectivity index (χ3n) is 2.82. The number of halogens is 1. The second kappa shape index (κ2) is 7.99. The highest BCUT2D eigenvalue weighted by Gasteiger charge is 2.24. The van der Waals surface area contributed by atoms with Crippen molar-refractivity contribution in [1.29, 1.82) is 0 Å². The molecule has 19 heavy (non-hydrogen) atoms. The first kappa shape index (κ1) is 16.6. The highest BCUT2D eigenvalue weighted by molar-refractivity contribution is 9.11. The summed E-state index contributed by atoms with van der Waals surface area (Å²) in [4.78, 5) is 15.0. The van der Waals surface area contributed by atoms with Gasteiger partial charge in [0.05, 0.1) is 16.4 Å². The summed E-state index contributed by atoms with van der Waals surface area (Å²) in [5.41, 5.74) is 6.07. The van der Waals surface area contributed by atoms with Crippen LogP contribution in [0.3, 0.4) is 0 Å². The van der Waals surface area contributed by atoms with Crippen LogP contribution in [0.2, 0.25) is 0 Å². The van der Waals surface area contributed by atoms with E-state index >= 15 is 0 Å². The van der Waals surface area contributed by atoms with Crippen molar-refractivity contribution in [3.05, 3.63) is 20.8 Å². The van der Waals surface area contributed by atoms with E-state index in [2.05, 4.69) is 27.3 Å². The summed E-state index contributed by atoms with van der Waals surface area (Å²) in [6.07, 6.45) is 0.948. The minimum Gasteiger partial charge on any atom is -0.355 e. The number of hydrogen-bond acceptors (Lipinski definition) is 4. The van der Waals surface area contributed by atoms with Crippen LogP contribution in [0.25, 0.3) is 0 Å². The van der Waals surface area contributed by atoms with E-state index in [1.54, 1.807) is 11.3 Å². The average Bonchev–Trinajstić information content (AvgIpc) is 2.72. The highest BCUT2D eigenvalue weighted by atomic mass is 79.9. The molecule has 0 bridgehead atoms. The standard InChI is InChI=1S/C13H22BrN3OS/c1-4-7-16-12(18)8-17(3)13(9(2)15)10-5-6-11(14)19-10/h5-6,9,13H,4,7-8,15H2,1-3H3,(H,16,18). The molecule has 2 unspecified atom stereocenters. The number of likely N-dealkylation sites (N-methyl/N-ethyl adjacent to an activating group) is 1. The Bertz CT molecular complexity index is 408. The molecule has 0 aromatic carbocycles. The third-order valence-corrected chi connectivity index (χ3v) is 4.52. The van der Waals surface area contributed by atoms with Gasteiger partial charge < -0.3 is 11.1 Å². The maximum atomic E-state index is 11.8. The number of rotatable bonds is 7. The molecule has 0 saturated carbocycles. The Balaban J connectivity index is 2.69. The molecule has 1 heterocycles. The normalized spacial score (nSPS) is 14.4. The number of amides is 1. The Morgan fingerprint density at radius 3 is 2.74 bits per heavy atom. The van der Waals surface area contributed by atoms with Crippen LogP contribution in [-0.2, 0) is 4.79 Å². The van der Waals surface area contributed by atoms with Crippen LogP contribution in [0.5, 0.6) is 0 Å². The van der Waals surface area contributed by atoms with E-state index in [4.69, 9.17) is 5.73 Å². The lowest BCUT2D eigenvalue weighted by Crippen LogP contribution is -2.42. The zero-order chi connectivity index (χ0) is 14.4. The highest BCUT2D eigenvalue weighted by Crippen LogP contribution is 2.31. The SMILES string of the molecule is CCCNC(=O)CN(C)C(c1ccc(Br)s1)C(C)N. The molecule has 1 rings (SSSR count). The maximum absolute atomic E-state index is 11.8. The summed E-state index contributed by atoms with van der Waals surface area (Å²) >= 11 is 5.12. The van der Waals surface area contributed by atoms with Gasteiger partial charge >= 0.3 is 0 Å². The van der Waals surface area contributed by atoms with Crippen molar-refractivity contribution in [2.75, 3.05) is 20.1 Å². The van der Waals surface area contributed by atoms with Gasteiger partial charge in [-0.05, 0) is 48.5 Å². The summed E-state index contributed by atoms with van der Waals surface area (Å²) in [5.74, 6) is 0.0469. The molecule has 1 aromatic rings. The molecular formula is C13H22BrN3OS. The number of nitrogens with two attached hydrogens (primary N) is 1. The van der Waals surface area contributed by atoms with Crippen molar-refractivity contribution < 1.29 is 4.79 Å². The van der Waals surface area contributed by atoms with Gasteiger partial charge in [0.2, 0.25) is 5.91 Å². The number of thiophene rings is 1. The van der Waals surface area contributed by atoms with Crippen LogP contribution in [0.4, 0.5) is 0 Å². The molecule has 1 amide bonds. The van der Waals surface area contributed by atoms with E-state index in [1.807, 2.05) is 31.9 Å². The fourth-order valence-corrected chi connectivity index (χ4v) is 3.72. The Morgan fingerprint density at radius 1 is 1.58 bits per heavy atom. The summed E-state index contributed by atoms with van der Waals surface area (Å²) in [5, 5.41) is 2.89. The summed E-state index contributed by atoms with van der Waals surface area (Å²) in [6.45, 7) is 5.10. The van der Waals surface area contributed by atoms with Crippen LogP contribution < -0.4 is 11.1 Å².